The Hall–Kier alpha value is -1.77. The minimum absolute atomic E-state index is 0.0426. The maximum absolute atomic E-state index is 13.4. The number of aliphatic hydroxyl groups is 7. The van der Waals surface area contributed by atoms with Gasteiger partial charge in [0.2, 0.25) is 0 Å². The molecule has 73 heavy (non-hydrogen) atoms. The molecule has 0 aromatic rings. The monoisotopic (exact) mass is 1040 g/mol. The topological polar surface area (TPSA) is 269 Å². The lowest BCUT2D eigenvalue weighted by atomic mass is 9.44. The Kier molecular flexibility index (Phi) is 18.0. The van der Waals surface area contributed by atoms with E-state index >= 15 is 0 Å². The van der Waals surface area contributed by atoms with E-state index in [2.05, 4.69) is 13.0 Å². The quantitative estimate of drug-likeness (QED) is 0.0705. The molecule has 0 amide bonds. The minimum atomic E-state index is -1.67. The molecule has 4 heterocycles. The van der Waals surface area contributed by atoms with Crippen molar-refractivity contribution < 1.29 is 97.4 Å². The summed E-state index contributed by atoms with van der Waals surface area (Å²) in [5.41, 5.74) is -0.339. The number of ether oxygens (including phenoxy) is 12. The van der Waals surface area contributed by atoms with Crippen molar-refractivity contribution in [3.05, 3.63) is 23.3 Å². The standard InChI is InChI=1S/C53H86O20/c1-12-24(2)48(60)70-37-20-33-32(53(61)18-16-31(25(3)55)52(37,53)8)14-13-29-19-30(15-17-51(29,33)7)68-38-21-34(62-9)44(26(4)65-38)71-39-22-35(63-10)45(27(5)66-39)72-50-43(59)47(64-11)46(28(6)67-50)73-49-42(58)41(57)40(56)36(23-54)69-49/h12-13,25-28,30-47,49-50,54-59,61H,14-23H2,1-11H3/b24-12+/t25-,26-,27-,28-,30+,31-,32-,33+,34+,35+,36-,37-,38+,39+,40-,41+,42-,43-,44+,45+,46-,47-,49+,50+,51+,52+,53+/m1/s1. The van der Waals surface area contributed by atoms with E-state index in [0.29, 0.717) is 44.1 Å². The number of rotatable bonds is 15. The molecule has 4 aliphatic heterocycles. The van der Waals surface area contributed by atoms with Crippen LogP contribution in [-0.2, 0) is 61.6 Å². The lowest BCUT2D eigenvalue weighted by Gasteiger charge is -2.63. The van der Waals surface area contributed by atoms with Crippen LogP contribution in [0, 0.1) is 28.6 Å². The Balaban J connectivity index is 0.865. The number of fused-ring (bicyclic) bond motifs is 5. The van der Waals surface area contributed by atoms with Crippen LogP contribution in [0.1, 0.15) is 113 Å². The van der Waals surface area contributed by atoms with Crippen molar-refractivity contribution in [2.45, 2.75) is 248 Å². The number of aliphatic hydroxyl groups excluding tert-OH is 6. The predicted molar refractivity (Wildman–Crippen MR) is 257 cm³/mol. The van der Waals surface area contributed by atoms with Crippen molar-refractivity contribution in [3.8, 4) is 0 Å². The van der Waals surface area contributed by atoms with E-state index in [0.717, 1.165) is 12.8 Å². The largest absolute Gasteiger partial charge is 0.458 e. The number of hydrogen-bond acceptors (Lipinski definition) is 20. The van der Waals surface area contributed by atoms with Crippen molar-refractivity contribution in [3.63, 3.8) is 0 Å². The van der Waals surface area contributed by atoms with Crippen molar-refractivity contribution in [1.82, 2.24) is 0 Å². The van der Waals surface area contributed by atoms with E-state index in [1.54, 1.807) is 41.1 Å². The van der Waals surface area contributed by atoms with Gasteiger partial charge in [0.05, 0.1) is 54.9 Å². The molecule has 4 aliphatic carbocycles. The molecule has 418 valence electrons. The zero-order valence-electron chi connectivity index (χ0n) is 44.5. The Morgan fingerprint density at radius 1 is 0.753 bits per heavy atom. The summed E-state index contributed by atoms with van der Waals surface area (Å²) in [5.74, 6) is -0.562. The van der Waals surface area contributed by atoms with Gasteiger partial charge in [-0.15, -0.1) is 0 Å². The van der Waals surface area contributed by atoms with Gasteiger partial charge in [-0.3, -0.25) is 0 Å². The summed E-state index contributed by atoms with van der Waals surface area (Å²) in [7, 11) is 4.57. The number of methoxy groups -OCH3 is 3. The van der Waals surface area contributed by atoms with Crippen molar-refractivity contribution in [2.24, 2.45) is 28.6 Å². The summed E-state index contributed by atoms with van der Waals surface area (Å²) in [6.45, 7) is 14.5. The fourth-order valence-corrected chi connectivity index (χ4v) is 14.5. The maximum atomic E-state index is 13.4. The van der Waals surface area contributed by atoms with Crippen LogP contribution in [0.2, 0.25) is 0 Å². The van der Waals surface area contributed by atoms with Crippen LogP contribution in [-0.4, -0.2) is 204 Å². The fourth-order valence-electron chi connectivity index (χ4n) is 14.5. The lowest BCUT2D eigenvalue weighted by Crippen LogP contribution is -2.67. The third-order valence-corrected chi connectivity index (χ3v) is 18.9. The van der Waals surface area contributed by atoms with Crippen LogP contribution in [0.3, 0.4) is 0 Å². The molecule has 0 aromatic heterocycles. The van der Waals surface area contributed by atoms with Gasteiger partial charge in [-0.2, -0.15) is 0 Å². The fraction of sp³-hybridized carbons (Fsp3) is 0.906. The lowest BCUT2D eigenvalue weighted by molar-refractivity contribution is -0.373. The van der Waals surface area contributed by atoms with Gasteiger partial charge in [-0.1, -0.05) is 31.6 Å². The molecule has 7 fully saturated rings. The summed E-state index contributed by atoms with van der Waals surface area (Å²) in [6, 6.07) is 0. The van der Waals surface area contributed by atoms with Crippen LogP contribution < -0.4 is 0 Å². The van der Waals surface area contributed by atoms with E-state index in [4.69, 9.17) is 56.8 Å². The number of carbonyl (C=O) groups is 1. The molecule has 0 spiro atoms. The highest BCUT2D eigenvalue weighted by atomic mass is 16.8. The number of carbonyl (C=O) groups excluding carboxylic acids is 1. The van der Waals surface area contributed by atoms with Crippen molar-refractivity contribution in [2.75, 3.05) is 27.9 Å². The van der Waals surface area contributed by atoms with Gasteiger partial charge in [0.1, 0.15) is 61.0 Å². The summed E-state index contributed by atoms with van der Waals surface area (Å²) in [5, 5.41) is 76.2. The summed E-state index contributed by atoms with van der Waals surface area (Å²) >= 11 is 0. The summed E-state index contributed by atoms with van der Waals surface area (Å²) < 4.78 is 74.4. The van der Waals surface area contributed by atoms with E-state index in [1.807, 2.05) is 27.7 Å². The van der Waals surface area contributed by atoms with Gasteiger partial charge in [-0.25, -0.2) is 4.79 Å². The van der Waals surface area contributed by atoms with Crippen LogP contribution in [0.25, 0.3) is 0 Å². The summed E-state index contributed by atoms with van der Waals surface area (Å²) in [4.78, 5) is 13.4. The summed E-state index contributed by atoms with van der Waals surface area (Å²) in [6.07, 6.45) is -9.40. The first-order valence-electron chi connectivity index (χ1n) is 26.7. The molecule has 27 atom stereocenters. The zero-order valence-corrected chi connectivity index (χ0v) is 44.5. The molecular weight excluding hydrogens is 957 g/mol. The Bertz CT molecular complexity index is 1940. The Labute approximate surface area is 429 Å². The van der Waals surface area contributed by atoms with Gasteiger partial charge in [0.25, 0.3) is 0 Å². The van der Waals surface area contributed by atoms with E-state index in [9.17, 15) is 40.5 Å². The SMILES string of the molecule is C/C=C(\C)C(=O)O[C@@H]1C[C@H]2[C@@H](CC=C3C[C@@H](O[C@H]4C[C@H](OC)[C@@H](O[C@H]5C[C@H](OC)[C@@H](O[C@@H]6O[C@H](C)[C@@H](O[C@@H]7O[C@H](CO)[C@@H](O)[C@H](O)[C@H]7O)[C@H](OC)[C@H]6O)[C@@H](C)O5)[C@@H](C)O4)CC[C@@]32C)[C@@]2(O)CC[C@H]([C@@H](C)O)[C@@]12C. The van der Waals surface area contributed by atoms with Crippen LogP contribution in [0.4, 0.5) is 0 Å². The zero-order chi connectivity index (χ0) is 53.1. The molecular formula is C53H86O20. The first kappa shape index (κ1) is 57.4. The second-order valence-electron chi connectivity index (χ2n) is 22.8. The van der Waals surface area contributed by atoms with E-state index in [1.165, 1.54) is 12.7 Å². The second-order valence-corrected chi connectivity index (χ2v) is 22.8. The molecule has 0 bridgehead atoms. The molecule has 3 saturated carbocycles. The molecule has 0 unspecified atom stereocenters. The average Bonchev–Trinajstić information content (AvgIpc) is 3.65. The first-order valence-corrected chi connectivity index (χ1v) is 26.7. The predicted octanol–water partition coefficient (Wildman–Crippen LogP) is 2.31. The van der Waals surface area contributed by atoms with Crippen molar-refractivity contribution >= 4 is 5.97 Å². The minimum Gasteiger partial charge on any atom is -0.458 e. The molecule has 20 nitrogen and oxygen atoms in total. The number of esters is 1. The highest BCUT2D eigenvalue weighted by Crippen LogP contribution is 2.69. The van der Waals surface area contributed by atoms with Gasteiger partial charge >= 0.3 is 5.97 Å². The van der Waals surface area contributed by atoms with E-state index < -0.39 is 140 Å². The molecule has 4 saturated heterocycles. The maximum Gasteiger partial charge on any atom is 0.333 e. The highest BCUT2D eigenvalue weighted by molar-refractivity contribution is 5.87. The van der Waals surface area contributed by atoms with E-state index in [-0.39, 0.29) is 41.7 Å². The molecule has 20 heteroatoms. The normalized spacial score (nSPS) is 50.8. The van der Waals surface area contributed by atoms with Gasteiger partial charge in [0.15, 0.2) is 25.2 Å². The third-order valence-electron chi connectivity index (χ3n) is 18.9. The first-order chi connectivity index (χ1) is 34.6. The molecule has 8 rings (SSSR count). The number of allylic oxidation sites excluding steroid dienone is 2. The Morgan fingerprint density at radius 2 is 1.36 bits per heavy atom. The molecule has 7 N–H and O–H groups in total. The van der Waals surface area contributed by atoms with Gasteiger partial charge in [-0.05, 0) is 110 Å². The van der Waals surface area contributed by atoms with Crippen molar-refractivity contribution in [1.29, 1.82) is 0 Å². The van der Waals surface area contributed by atoms with Gasteiger partial charge < -0.3 is 92.6 Å². The van der Waals surface area contributed by atoms with Crippen LogP contribution in [0.5, 0.6) is 0 Å². The molecule has 0 radical (unpaired) electrons. The second kappa shape index (κ2) is 22.9. The molecule has 0 aromatic carbocycles. The third kappa shape index (κ3) is 10.5. The van der Waals surface area contributed by atoms with Crippen LogP contribution in [0.15, 0.2) is 23.3 Å². The highest BCUT2D eigenvalue weighted by Gasteiger charge is 2.71. The average molecular weight is 1040 g/mol. The number of hydrogen-bond donors (Lipinski definition) is 7. The molecule has 8 aliphatic rings. The van der Waals surface area contributed by atoms with Crippen LogP contribution >= 0.6 is 0 Å². The van der Waals surface area contributed by atoms with Gasteiger partial charge in [0, 0.05) is 45.2 Å². The Morgan fingerprint density at radius 3 is 1.96 bits per heavy atom. The smallest absolute Gasteiger partial charge is 0.333 e.